The summed E-state index contributed by atoms with van der Waals surface area (Å²) in [6.07, 6.45) is 6.67. The summed E-state index contributed by atoms with van der Waals surface area (Å²) in [7, 11) is 0. The molecule has 0 atom stereocenters. The zero-order chi connectivity index (χ0) is 16.6. The summed E-state index contributed by atoms with van der Waals surface area (Å²) in [4.78, 5) is 4.74. The summed E-state index contributed by atoms with van der Waals surface area (Å²) in [6, 6.07) is 20.0. The molecule has 0 spiro atoms. The Kier molecular flexibility index (Phi) is 13.6. The molecule has 0 amide bonds. The van der Waals surface area contributed by atoms with E-state index in [1.165, 1.54) is 24.0 Å². The Morgan fingerprint density at radius 3 is 2.73 bits per heavy atom. The average Bonchev–Trinajstić information content (AvgIpc) is 3.06. The van der Waals surface area contributed by atoms with E-state index in [1.807, 2.05) is 47.6 Å². The van der Waals surface area contributed by atoms with Crippen LogP contribution >= 0.6 is 11.3 Å². The number of rotatable bonds is 8. The van der Waals surface area contributed by atoms with Gasteiger partial charge in [0.2, 0.25) is 5.13 Å². The van der Waals surface area contributed by atoms with Crippen molar-refractivity contribution in [1.29, 1.82) is 0 Å². The van der Waals surface area contributed by atoms with Gasteiger partial charge in [0.1, 0.15) is 0 Å². The third-order valence-corrected chi connectivity index (χ3v) is 4.78. The molecule has 3 rings (SSSR count). The van der Waals surface area contributed by atoms with Crippen LogP contribution in [0, 0.1) is 12.1 Å². The monoisotopic (exact) mass is 413 g/mol. The molecular formula is C20H21K2N3S. The minimum atomic E-state index is 0. The molecule has 0 bridgehead atoms. The largest absolute Gasteiger partial charge is 1.00 e. The van der Waals surface area contributed by atoms with Crippen LogP contribution in [0.2, 0.25) is 0 Å². The maximum atomic E-state index is 4.74. The van der Waals surface area contributed by atoms with Gasteiger partial charge in [-0.3, -0.25) is 30.3 Å². The maximum Gasteiger partial charge on any atom is 1.00 e. The van der Waals surface area contributed by atoms with Gasteiger partial charge in [0.15, 0.2) is 0 Å². The Bertz CT molecular complexity index is 757. The second-order valence-electron chi connectivity index (χ2n) is 5.64. The van der Waals surface area contributed by atoms with Crippen LogP contribution in [0.25, 0.3) is 10.2 Å². The van der Waals surface area contributed by atoms with Crippen LogP contribution in [0.4, 0.5) is 5.13 Å². The number of fused-ring (bicyclic) bond motifs is 1. The van der Waals surface area contributed by atoms with Crippen molar-refractivity contribution in [1.82, 2.24) is 4.98 Å². The summed E-state index contributed by atoms with van der Waals surface area (Å²) in [5.74, 6) is 0. The second-order valence-corrected chi connectivity index (χ2v) is 6.65. The van der Waals surface area contributed by atoms with E-state index in [1.54, 1.807) is 11.3 Å². The first kappa shape index (κ1) is 25.1. The van der Waals surface area contributed by atoms with E-state index in [9.17, 15) is 0 Å². The normalized spacial score (nSPS) is 10.5. The molecule has 0 unspecified atom stereocenters. The molecule has 0 aliphatic rings. The minimum absolute atomic E-state index is 0. The number of unbranched alkanes of at least 4 members (excludes halogenated alkanes) is 3. The SMILES string of the molecule is CCCCCCN(/N=C/c1[c-]cc[c-]c1)c1nc2ccccc2s1.[K+].[K+]. The Labute approximate surface area is 245 Å². The Morgan fingerprint density at radius 2 is 2.00 bits per heavy atom. The second kappa shape index (κ2) is 14.1. The Morgan fingerprint density at radius 1 is 1.15 bits per heavy atom. The van der Waals surface area contributed by atoms with Crippen LogP contribution in [0.3, 0.4) is 0 Å². The predicted molar refractivity (Wildman–Crippen MR) is 103 cm³/mol. The van der Waals surface area contributed by atoms with Crippen molar-refractivity contribution in [2.24, 2.45) is 5.10 Å². The van der Waals surface area contributed by atoms with Crippen LogP contribution in [-0.2, 0) is 0 Å². The topological polar surface area (TPSA) is 28.5 Å². The summed E-state index contributed by atoms with van der Waals surface area (Å²) in [6.45, 7) is 3.11. The average molecular weight is 414 g/mol. The molecule has 0 saturated carbocycles. The molecule has 3 nitrogen and oxygen atoms in total. The first-order valence-electron chi connectivity index (χ1n) is 8.41. The number of anilines is 1. The fourth-order valence-electron chi connectivity index (χ4n) is 2.43. The maximum absolute atomic E-state index is 4.74. The van der Waals surface area contributed by atoms with E-state index < -0.39 is 0 Å². The molecule has 0 radical (unpaired) electrons. The molecule has 6 heteroatoms. The number of thiazole rings is 1. The third-order valence-electron chi connectivity index (χ3n) is 3.73. The van der Waals surface area contributed by atoms with Gasteiger partial charge in [-0.05, 0) is 18.6 Å². The van der Waals surface area contributed by atoms with Gasteiger partial charge < -0.3 is 0 Å². The van der Waals surface area contributed by atoms with Crippen molar-refractivity contribution in [2.45, 2.75) is 32.6 Å². The molecule has 0 N–H and O–H groups in total. The number of hydrazone groups is 1. The molecule has 3 aromatic rings. The summed E-state index contributed by atoms with van der Waals surface area (Å²) < 4.78 is 1.20. The quantitative estimate of drug-likeness (QED) is 0.161. The number of benzene rings is 2. The molecule has 2 aromatic carbocycles. The third kappa shape index (κ3) is 7.83. The van der Waals surface area contributed by atoms with E-state index in [-0.39, 0.29) is 103 Å². The molecular weight excluding hydrogens is 393 g/mol. The summed E-state index contributed by atoms with van der Waals surface area (Å²) in [5, 5.41) is 7.63. The standard InChI is InChI=1S/C20H21N3S.2K/c1-2-3-4-10-15-23(21-16-17-11-6-5-7-12-17)20-22-18-13-8-9-14-19(18)24-20;;/h5-6,8-9,12-14,16H,2-4,10,15H2,1H3;;/q-2;2*+1/b21-16+;;. The number of para-hydroxylation sites is 1. The smallest absolute Gasteiger partial charge is 0.286 e. The van der Waals surface area contributed by atoms with Gasteiger partial charge in [0, 0.05) is 6.54 Å². The molecule has 1 heterocycles. The zero-order valence-corrected chi connectivity index (χ0v) is 23.0. The van der Waals surface area contributed by atoms with Crippen LogP contribution < -0.4 is 108 Å². The van der Waals surface area contributed by atoms with Gasteiger partial charge in [0.25, 0.3) is 0 Å². The first-order valence-corrected chi connectivity index (χ1v) is 9.23. The van der Waals surface area contributed by atoms with Gasteiger partial charge in [-0.1, -0.05) is 55.9 Å². The van der Waals surface area contributed by atoms with Crippen LogP contribution in [0.1, 0.15) is 38.2 Å². The number of hydrogen-bond donors (Lipinski definition) is 0. The number of nitrogens with zero attached hydrogens (tertiary/aromatic N) is 3. The van der Waals surface area contributed by atoms with Gasteiger partial charge in [0.05, 0.1) is 10.2 Å². The minimum Gasteiger partial charge on any atom is -0.286 e. The summed E-state index contributed by atoms with van der Waals surface area (Å²) in [5.41, 5.74) is 1.96. The van der Waals surface area contributed by atoms with Crippen molar-refractivity contribution in [2.75, 3.05) is 11.6 Å². The van der Waals surface area contributed by atoms with Crippen LogP contribution in [-0.4, -0.2) is 17.7 Å². The fourth-order valence-corrected chi connectivity index (χ4v) is 3.38. The predicted octanol–water partition coefficient (Wildman–Crippen LogP) is -0.675. The number of aromatic nitrogens is 1. The van der Waals surface area contributed by atoms with Crippen LogP contribution in [0.15, 0.2) is 47.6 Å². The van der Waals surface area contributed by atoms with Crippen molar-refractivity contribution < 1.29 is 103 Å². The molecule has 0 aliphatic carbocycles. The number of hydrogen-bond acceptors (Lipinski definition) is 4. The molecule has 124 valence electrons. The van der Waals surface area contributed by atoms with E-state index in [0.29, 0.717) is 0 Å². The van der Waals surface area contributed by atoms with Gasteiger partial charge in [-0.25, -0.2) is 20.7 Å². The summed E-state index contributed by atoms with van der Waals surface area (Å²) >= 11 is 1.69. The van der Waals surface area contributed by atoms with Crippen molar-refractivity contribution in [3.8, 4) is 0 Å². The fraction of sp³-hybridized carbons (Fsp3) is 0.300. The first-order chi connectivity index (χ1) is 11.9. The molecule has 0 saturated heterocycles. The van der Waals surface area contributed by atoms with E-state index in [0.717, 1.165) is 29.2 Å². The van der Waals surface area contributed by atoms with Gasteiger partial charge >= 0.3 is 103 Å². The van der Waals surface area contributed by atoms with Gasteiger partial charge in [-0.2, -0.15) is 0 Å². The van der Waals surface area contributed by atoms with Crippen LogP contribution in [0.5, 0.6) is 0 Å². The van der Waals surface area contributed by atoms with E-state index >= 15 is 0 Å². The Hall–Kier alpha value is 1.07. The van der Waals surface area contributed by atoms with Crippen molar-refractivity contribution in [3.05, 3.63) is 60.2 Å². The van der Waals surface area contributed by atoms with E-state index in [4.69, 9.17) is 4.98 Å². The Balaban J connectivity index is 0.00000169. The molecule has 0 aliphatic heterocycles. The zero-order valence-electron chi connectivity index (χ0n) is 15.9. The van der Waals surface area contributed by atoms with E-state index in [2.05, 4.69) is 30.2 Å². The molecule has 1 aromatic heterocycles. The van der Waals surface area contributed by atoms with Crippen molar-refractivity contribution in [3.63, 3.8) is 0 Å². The van der Waals surface area contributed by atoms with Gasteiger partial charge in [-0.15, -0.1) is 0 Å². The van der Waals surface area contributed by atoms with Crippen molar-refractivity contribution >= 4 is 32.9 Å². The molecule has 26 heavy (non-hydrogen) atoms. The molecule has 0 fully saturated rings.